The molecule has 35 heavy (non-hydrogen) atoms. The van der Waals surface area contributed by atoms with Crippen molar-refractivity contribution in [1.29, 1.82) is 0 Å². The molecule has 4 rings (SSSR count). The lowest BCUT2D eigenvalue weighted by Crippen LogP contribution is -2.31. The molecule has 3 amide bonds. The predicted molar refractivity (Wildman–Crippen MR) is 128 cm³/mol. The molecule has 1 aliphatic rings. The first-order chi connectivity index (χ1) is 17.0. The van der Waals surface area contributed by atoms with Crippen molar-refractivity contribution in [2.45, 2.75) is 19.4 Å². The van der Waals surface area contributed by atoms with Crippen molar-refractivity contribution in [3.8, 4) is 5.75 Å². The molecule has 3 aromatic rings. The van der Waals surface area contributed by atoms with Crippen LogP contribution in [0.4, 0.5) is 5.69 Å². The van der Waals surface area contributed by atoms with Crippen LogP contribution in [0.5, 0.6) is 5.75 Å². The van der Waals surface area contributed by atoms with Gasteiger partial charge in [0.25, 0.3) is 17.7 Å². The molecular weight excluding hydrogens is 448 g/mol. The van der Waals surface area contributed by atoms with Crippen molar-refractivity contribution in [3.63, 3.8) is 0 Å². The van der Waals surface area contributed by atoms with Crippen LogP contribution in [0.25, 0.3) is 0 Å². The molecule has 1 N–H and O–H groups in total. The van der Waals surface area contributed by atoms with Gasteiger partial charge in [-0.15, -0.1) is 0 Å². The van der Waals surface area contributed by atoms with Gasteiger partial charge in [-0.25, -0.2) is 0 Å². The number of rotatable bonds is 10. The lowest BCUT2D eigenvalue weighted by Gasteiger charge is -2.13. The van der Waals surface area contributed by atoms with E-state index in [1.807, 2.05) is 30.3 Å². The highest BCUT2D eigenvalue weighted by molar-refractivity contribution is 6.21. The van der Waals surface area contributed by atoms with Crippen LogP contribution < -0.4 is 10.1 Å². The zero-order valence-electron chi connectivity index (χ0n) is 18.9. The Balaban J connectivity index is 1.14. The molecule has 0 atom stereocenters. The Morgan fingerprint density at radius 2 is 1.43 bits per heavy atom. The molecule has 0 radical (unpaired) electrons. The smallest absolute Gasteiger partial charge is 0.306 e. The third-order valence-corrected chi connectivity index (χ3v) is 5.39. The van der Waals surface area contributed by atoms with Crippen LogP contribution >= 0.6 is 0 Å². The van der Waals surface area contributed by atoms with Crippen LogP contribution in [0.1, 0.15) is 39.1 Å². The Bertz CT molecular complexity index is 1190. The van der Waals surface area contributed by atoms with Gasteiger partial charge in [0.05, 0.1) is 11.1 Å². The molecule has 1 heterocycles. The molecule has 0 unspecified atom stereocenters. The summed E-state index contributed by atoms with van der Waals surface area (Å²) in [6, 6.07) is 23.3. The second-order valence-corrected chi connectivity index (χ2v) is 7.92. The topological polar surface area (TPSA) is 102 Å². The minimum atomic E-state index is -0.582. The van der Waals surface area contributed by atoms with Crippen molar-refractivity contribution in [1.82, 2.24) is 4.90 Å². The van der Waals surface area contributed by atoms with E-state index < -0.39 is 18.5 Å². The lowest BCUT2D eigenvalue weighted by atomic mass is 10.1. The molecule has 0 aromatic heterocycles. The third-order valence-electron chi connectivity index (χ3n) is 5.39. The Kier molecular flexibility index (Phi) is 7.52. The van der Waals surface area contributed by atoms with Gasteiger partial charge in [-0.3, -0.25) is 24.1 Å². The van der Waals surface area contributed by atoms with Gasteiger partial charge >= 0.3 is 5.97 Å². The summed E-state index contributed by atoms with van der Waals surface area (Å²) in [5.74, 6) is -1.13. The molecule has 178 valence electrons. The van der Waals surface area contributed by atoms with Gasteiger partial charge in [-0.1, -0.05) is 42.5 Å². The number of hydrogen-bond donors (Lipinski definition) is 1. The number of carbonyl (C=O) groups excluding carboxylic acids is 4. The fourth-order valence-corrected chi connectivity index (χ4v) is 3.61. The van der Waals surface area contributed by atoms with Crippen LogP contribution in [-0.4, -0.2) is 41.7 Å². The Labute approximate surface area is 202 Å². The first-order valence-corrected chi connectivity index (χ1v) is 11.2. The van der Waals surface area contributed by atoms with E-state index in [1.165, 1.54) is 0 Å². The van der Waals surface area contributed by atoms with E-state index in [0.29, 0.717) is 29.2 Å². The zero-order chi connectivity index (χ0) is 24.6. The van der Waals surface area contributed by atoms with Crippen LogP contribution in [0, 0.1) is 0 Å². The molecule has 0 bridgehead atoms. The minimum absolute atomic E-state index is 0.0197. The second kappa shape index (κ2) is 11.1. The first kappa shape index (κ1) is 23.7. The van der Waals surface area contributed by atoms with Gasteiger partial charge in [0.1, 0.15) is 12.4 Å². The molecule has 0 saturated carbocycles. The van der Waals surface area contributed by atoms with E-state index in [9.17, 15) is 19.2 Å². The number of esters is 1. The molecule has 0 aliphatic carbocycles. The average molecular weight is 472 g/mol. The number of anilines is 1. The van der Waals surface area contributed by atoms with E-state index in [4.69, 9.17) is 9.47 Å². The van der Waals surface area contributed by atoms with Crippen LogP contribution in [0.3, 0.4) is 0 Å². The summed E-state index contributed by atoms with van der Waals surface area (Å²) in [5, 5.41) is 2.65. The standard InChI is InChI=1S/C27H24N2O6/c30-24(28-20-12-14-21(15-13-20)34-17-19-7-2-1-3-8-19)18-35-25(31)11-6-16-29-26(32)22-9-4-5-10-23(22)27(29)33/h1-5,7-10,12-15H,6,11,16-18H2,(H,28,30). The number of imide groups is 1. The molecule has 8 heteroatoms. The van der Waals surface area contributed by atoms with Gasteiger partial charge in [0.15, 0.2) is 6.61 Å². The fraction of sp³-hybridized carbons (Fsp3) is 0.185. The Morgan fingerprint density at radius 1 is 0.800 bits per heavy atom. The molecule has 3 aromatic carbocycles. The quantitative estimate of drug-likeness (QED) is 0.356. The summed E-state index contributed by atoms with van der Waals surface area (Å²) in [6.45, 7) is 0.111. The molecule has 8 nitrogen and oxygen atoms in total. The van der Waals surface area contributed by atoms with Crippen molar-refractivity contribution in [2.24, 2.45) is 0 Å². The van der Waals surface area contributed by atoms with Gasteiger partial charge < -0.3 is 14.8 Å². The molecule has 1 aliphatic heterocycles. The number of nitrogens with zero attached hydrogens (tertiary/aromatic N) is 1. The molecule has 0 spiro atoms. The molecule has 0 fully saturated rings. The number of benzene rings is 3. The number of nitrogens with one attached hydrogen (secondary N) is 1. The number of ether oxygens (including phenoxy) is 2. The van der Waals surface area contributed by atoms with Crippen LogP contribution in [-0.2, 0) is 20.9 Å². The van der Waals surface area contributed by atoms with Gasteiger partial charge in [-0.2, -0.15) is 0 Å². The summed E-state index contributed by atoms with van der Waals surface area (Å²) in [7, 11) is 0. The summed E-state index contributed by atoms with van der Waals surface area (Å²) in [4.78, 5) is 49.8. The van der Waals surface area contributed by atoms with E-state index in [1.54, 1.807) is 48.5 Å². The summed E-state index contributed by atoms with van der Waals surface area (Å²) < 4.78 is 10.7. The summed E-state index contributed by atoms with van der Waals surface area (Å²) in [5.41, 5.74) is 2.33. The largest absolute Gasteiger partial charge is 0.489 e. The lowest BCUT2D eigenvalue weighted by molar-refractivity contribution is -0.147. The van der Waals surface area contributed by atoms with Crippen LogP contribution in [0.15, 0.2) is 78.9 Å². The monoisotopic (exact) mass is 472 g/mol. The number of amides is 3. The summed E-state index contributed by atoms with van der Waals surface area (Å²) >= 11 is 0. The highest BCUT2D eigenvalue weighted by atomic mass is 16.5. The highest BCUT2D eigenvalue weighted by Gasteiger charge is 2.34. The number of fused-ring (bicyclic) bond motifs is 1. The van der Waals surface area contributed by atoms with Crippen molar-refractivity contribution in [3.05, 3.63) is 95.6 Å². The van der Waals surface area contributed by atoms with Crippen molar-refractivity contribution in [2.75, 3.05) is 18.5 Å². The predicted octanol–water partition coefficient (Wildman–Crippen LogP) is 3.82. The normalized spacial score (nSPS) is 12.3. The summed E-state index contributed by atoms with van der Waals surface area (Å²) in [6.07, 6.45) is 0.227. The maximum absolute atomic E-state index is 12.3. The van der Waals surface area contributed by atoms with Gasteiger partial charge in [0.2, 0.25) is 0 Å². The fourth-order valence-electron chi connectivity index (χ4n) is 3.61. The Morgan fingerprint density at radius 3 is 2.09 bits per heavy atom. The van der Waals surface area contributed by atoms with E-state index in [-0.39, 0.29) is 31.2 Å². The van der Waals surface area contributed by atoms with Crippen molar-refractivity contribution >= 4 is 29.4 Å². The SMILES string of the molecule is O=C(COC(=O)CCCN1C(=O)c2ccccc2C1=O)Nc1ccc(OCc2ccccc2)cc1. The first-order valence-electron chi connectivity index (χ1n) is 11.2. The Hall–Kier alpha value is -4.46. The van der Waals surface area contributed by atoms with Crippen molar-refractivity contribution < 1.29 is 28.7 Å². The highest BCUT2D eigenvalue weighted by Crippen LogP contribution is 2.22. The zero-order valence-corrected chi connectivity index (χ0v) is 18.9. The van der Waals surface area contributed by atoms with Gasteiger partial charge in [-0.05, 0) is 48.4 Å². The number of carbonyl (C=O) groups is 4. The van der Waals surface area contributed by atoms with E-state index >= 15 is 0 Å². The maximum atomic E-state index is 12.3. The van der Waals surface area contributed by atoms with Crippen LogP contribution in [0.2, 0.25) is 0 Å². The van der Waals surface area contributed by atoms with E-state index in [2.05, 4.69) is 5.32 Å². The van der Waals surface area contributed by atoms with E-state index in [0.717, 1.165) is 10.5 Å². The maximum Gasteiger partial charge on any atom is 0.306 e. The third kappa shape index (κ3) is 6.11. The average Bonchev–Trinajstić information content (AvgIpc) is 3.13. The molecular formula is C27H24N2O6. The molecule has 0 saturated heterocycles. The number of hydrogen-bond acceptors (Lipinski definition) is 6. The second-order valence-electron chi connectivity index (χ2n) is 7.92. The minimum Gasteiger partial charge on any atom is -0.489 e. The van der Waals surface area contributed by atoms with Gasteiger partial charge in [0, 0.05) is 18.7 Å².